The predicted octanol–water partition coefficient (Wildman–Crippen LogP) is 2.68. The van der Waals surface area contributed by atoms with Crippen LogP contribution in [0.5, 0.6) is 0 Å². The normalized spacial score (nSPS) is 24.5. The largest absolute Gasteiger partial charge is 0.358 e. The molecule has 0 amide bonds. The number of nitrogens with zero attached hydrogens (tertiary/aromatic N) is 3. The fraction of sp³-hybridized carbons (Fsp3) is 0.588. The first-order chi connectivity index (χ1) is 10.2. The predicted molar refractivity (Wildman–Crippen MR) is 85.6 cm³/mol. The maximum Gasteiger partial charge on any atom is 0.152 e. The molecular formula is C17H24N4. The summed E-state index contributed by atoms with van der Waals surface area (Å²) < 4.78 is 2.23. The Kier molecular flexibility index (Phi) is 3.14. The summed E-state index contributed by atoms with van der Waals surface area (Å²) in [6.07, 6.45) is 6.14. The van der Waals surface area contributed by atoms with E-state index >= 15 is 0 Å². The van der Waals surface area contributed by atoms with Crippen molar-refractivity contribution in [2.45, 2.75) is 38.8 Å². The lowest BCUT2D eigenvalue weighted by Gasteiger charge is -2.18. The van der Waals surface area contributed by atoms with Crippen LogP contribution in [0.1, 0.15) is 31.9 Å². The molecule has 0 aromatic carbocycles. The molecule has 4 heteroatoms. The molecule has 0 bridgehead atoms. The van der Waals surface area contributed by atoms with E-state index in [0.29, 0.717) is 0 Å². The van der Waals surface area contributed by atoms with Gasteiger partial charge in [-0.15, -0.1) is 0 Å². The van der Waals surface area contributed by atoms with Crippen molar-refractivity contribution in [3.8, 4) is 0 Å². The van der Waals surface area contributed by atoms with Crippen molar-refractivity contribution in [1.29, 1.82) is 0 Å². The zero-order chi connectivity index (χ0) is 14.4. The Morgan fingerprint density at radius 3 is 2.90 bits per heavy atom. The highest BCUT2D eigenvalue weighted by atomic mass is 15.2. The SMILES string of the molecule is CC1CC1CN(C)c1nc2ccccn2c1CNC1CC1. The van der Waals surface area contributed by atoms with Gasteiger partial charge in [-0.05, 0) is 43.2 Å². The maximum absolute atomic E-state index is 4.87. The van der Waals surface area contributed by atoms with Crippen molar-refractivity contribution < 1.29 is 0 Å². The standard InChI is InChI=1S/C17H24N4/c1-12-9-13(12)11-20(2)17-15(10-18-14-6-7-14)21-8-4-3-5-16(21)19-17/h3-5,8,12-14,18H,6-7,9-11H2,1-2H3. The molecule has 1 N–H and O–H groups in total. The zero-order valence-corrected chi connectivity index (χ0v) is 12.9. The van der Waals surface area contributed by atoms with Crippen molar-refractivity contribution in [1.82, 2.24) is 14.7 Å². The van der Waals surface area contributed by atoms with E-state index in [-0.39, 0.29) is 0 Å². The molecule has 0 saturated heterocycles. The molecule has 4 nitrogen and oxygen atoms in total. The minimum atomic E-state index is 0.723. The molecule has 4 rings (SSSR count). The van der Waals surface area contributed by atoms with Crippen LogP contribution in [0.15, 0.2) is 24.4 Å². The number of pyridine rings is 1. The number of hydrogen-bond donors (Lipinski definition) is 1. The second-order valence-electron chi connectivity index (χ2n) is 6.82. The van der Waals surface area contributed by atoms with Gasteiger partial charge in [0.2, 0.25) is 0 Å². The van der Waals surface area contributed by atoms with Gasteiger partial charge in [-0.25, -0.2) is 4.98 Å². The molecule has 2 aliphatic carbocycles. The molecule has 2 heterocycles. The quantitative estimate of drug-likeness (QED) is 0.885. The number of nitrogens with one attached hydrogen (secondary N) is 1. The molecule has 21 heavy (non-hydrogen) atoms. The fourth-order valence-electron chi connectivity index (χ4n) is 3.12. The Morgan fingerprint density at radius 2 is 2.19 bits per heavy atom. The molecule has 2 aromatic rings. The summed E-state index contributed by atoms with van der Waals surface area (Å²) in [6, 6.07) is 6.97. The molecule has 2 atom stereocenters. The average Bonchev–Trinajstić information content (AvgIpc) is 3.38. The van der Waals surface area contributed by atoms with E-state index < -0.39 is 0 Å². The van der Waals surface area contributed by atoms with Crippen LogP contribution in [0, 0.1) is 11.8 Å². The molecule has 2 aromatic heterocycles. The Balaban J connectivity index is 1.62. The highest BCUT2D eigenvalue weighted by molar-refractivity contribution is 5.55. The summed E-state index contributed by atoms with van der Waals surface area (Å²) in [5.74, 6) is 2.88. The Labute approximate surface area is 126 Å². The van der Waals surface area contributed by atoms with Gasteiger partial charge in [-0.3, -0.25) is 0 Å². The lowest BCUT2D eigenvalue weighted by atomic mass is 10.3. The van der Waals surface area contributed by atoms with Crippen LogP contribution >= 0.6 is 0 Å². The van der Waals surface area contributed by atoms with Gasteiger partial charge in [0, 0.05) is 32.4 Å². The van der Waals surface area contributed by atoms with Crippen molar-refractivity contribution >= 4 is 11.5 Å². The Bertz CT molecular complexity index is 643. The number of aromatic nitrogens is 2. The summed E-state index contributed by atoms with van der Waals surface area (Å²) >= 11 is 0. The van der Waals surface area contributed by atoms with E-state index in [9.17, 15) is 0 Å². The Morgan fingerprint density at radius 1 is 1.38 bits per heavy atom. The molecular weight excluding hydrogens is 260 g/mol. The van der Waals surface area contributed by atoms with E-state index in [2.05, 4.69) is 53.0 Å². The van der Waals surface area contributed by atoms with Crippen LogP contribution in [0.3, 0.4) is 0 Å². The van der Waals surface area contributed by atoms with Gasteiger partial charge >= 0.3 is 0 Å². The summed E-state index contributed by atoms with van der Waals surface area (Å²) in [5.41, 5.74) is 2.35. The maximum atomic E-state index is 4.87. The highest BCUT2D eigenvalue weighted by Crippen LogP contribution is 2.39. The first kappa shape index (κ1) is 13.1. The topological polar surface area (TPSA) is 32.6 Å². The van der Waals surface area contributed by atoms with Gasteiger partial charge in [-0.1, -0.05) is 13.0 Å². The van der Waals surface area contributed by atoms with Crippen LogP contribution < -0.4 is 10.2 Å². The van der Waals surface area contributed by atoms with Gasteiger partial charge < -0.3 is 14.6 Å². The van der Waals surface area contributed by atoms with Gasteiger partial charge in [-0.2, -0.15) is 0 Å². The van der Waals surface area contributed by atoms with Gasteiger partial charge in [0.25, 0.3) is 0 Å². The van der Waals surface area contributed by atoms with Crippen molar-refractivity contribution in [2.24, 2.45) is 11.8 Å². The average molecular weight is 284 g/mol. The number of anilines is 1. The van der Waals surface area contributed by atoms with Crippen molar-refractivity contribution in [3.05, 3.63) is 30.1 Å². The molecule has 0 radical (unpaired) electrons. The molecule has 112 valence electrons. The van der Waals surface area contributed by atoms with E-state index in [1.54, 1.807) is 0 Å². The third kappa shape index (κ3) is 2.64. The van der Waals surface area contributed by atoms with Crippen molar-refractivity contribution in [3.63, 3.8) is 0 Å². The number of imidazole rings is 1. The van der Waals surface area contributed by atoms with Gasteiger partial charge in [0.15, 0.2) is 5.82 Å². The van der Waals surface area contributed by atoms with E-state index in [1.165, 1.54) is 25.0 Å². The van der Waals surface area contributed by atoms with Gasteiger partial charge in [0.05, 0.1) is 5.69 Å². The second-order valence-corrected chi connectivity index (χ2v) is 6.82. The van der Waals surface area contributed by atoms with Crippen LogP contribution in [0.4, 0.5) is 5.82 Å². The highest BCUT2D eigenvalue weighted by Gasteiger charge is 2.34. The van der Waals surface area contributed by atoms with Crippen LogP contribution in [0.25, 0.3) is 5.65 Å². The Hall–Kier alpha value is -1.55. The van der Waals surface area contributed by atoms with Crippen molar-refractivity contribution in [2.75, 3.05) is 18.5 Å². The van der Waals surface area contributed by atoms with E-state index in [0.717, 1.165) is 42.4 Å². The van der Waals surface area contributed by atoms with Gasteiger partial charge in [0.1, 0.15) is 5.65 Å². The van der Waals surface area contributed by atoms with Crippen LogP contribution in [-0.2, 0) is 6.54 Å². The third-order valence-corrected chi connectivity index (χ3v) is 4.89. The smallest absolute Gasteiger partial charge is 0.152 e. The van der Waals surface area contributed by atoms with Crippen LogP contribution in [-0.4, -0.2) is 29.0 Å². The summed E-state index contributed by atoms with van der Waals surface area (Å²) in [4.78, 5) is 7.22. The summed E-state index contributed by atoms with van der Waals surface area (Å²) in [7, 11) is 2.19. The molecule has 2 fully saturated rings. The summed E-state index contributed by atoms with van der Waals surface area (Å²) in [6.45, 7) is 4.38. The van der Waals surface area contributed by atoms with E-state index in [4.69, 9.17) is 4.98 Å². The lowest BCUT2D eigenvalue weighted by molar-refractivity contribution is 0.662. The lowest BCUT2D eigenvalue weighted by Crippen LogP contribution is -2.24. The third-order valence-electron chi connectivity index (χ3n) is 4.89. The molecule has 2 aliphatic rings. The van der Waals surface area contributed by atoms with Crippen LogP contribution in [0.2, 0.25) is 0 Å². The number of hydrogen-bond acceptors (Lipinski definition) is 3. The number of fused-ring (bicyclic) bond motifs is 1. The first-order valence-corrected chi connectivity index (χ1v) is 8.13. The summed E-state index contributed by atoms with van der Waals surface area (Å²) in [5, 5.41) is 3.64. The number of rotatable bonds is 6. The molecule has 2 saturated carbocycles. The molecule has 0 spiro atoms. The molecule has 0 aliphatic heterocycles. The minimum absolute atomic E-state index is 0.723. The first-order valence-electron chi connectivity index (χ1n) is 8.13. The fourth-order valence-corrected chi connectivity index (χ4v) is 3.12. The monoisotopic (exact) mass is 284 g/mol. The zero-order valence-electron chi connectivity index (χ0n) is 12.9. The van der Waals surface area contributed by atoms with E-state index in [1.807, 2.05) is 0 Å². The molecule has 2 unspecified atom stereocenters. The second kappa shape index (κ2) is 5.02. The minimum Gasteiger partial charge on any atom is -0.358 e.